The van der Waals surface area contributed by atoms with Crippen LogP contribution in [0.15, 0.2) is 18.2 Å². The van der Waals surface area contributed by atoms with Gasteiger partial charge in [-0.1, -0.05) is 0 Å². The van der Waals surface area contributed by atoms with Gasteiger partial charge < -0.3 is 13.7 Å². The first-order valence-corrected chi connectivity index (χ1v) is 7.78. The molecule has 0 atom stereocenters. The van der Waals surface area contributed by atoms with Crippen molar-refractivity contribution in [3.8, 4) is 11.5 Å². The molecule has 23 heavy (non-hydrogen) atoms. The second-order valence-electron chi connectivity index (χ2n) is 4.40. The number of alkyl halides is 3. The maximum Gasteiger partial charge on any atom is 0.534 e. The summed E-state index contributed by atoms with van der Waals surface area (Å²) in [5.41, 5.74) is -5.34. The fourth-order valence-electron chi connectivity index (χ4n) is 1.60. The highest BCUT2D eigenvalue weighted by atomic mass is 32.2. The van der Waals surface area contributed by atoms with Crippen molar-refractivity contribution < 1.29 is 40.0 Å². The van der Waals surface area contributed by atoms with E-state index in [4.69, 9.17) is 9.47 Å². The van der Waals surface area contributed by atoms with E-state index in [0.717, 1.165) is 6.07 Å². The first kappa shape index (κ1) is 19.1. The predicted octanol–water partition coefficient (Wildman–Crippen LogP) is 2.42. The molecule has 0 aromatic heterocycles. The standard InChI is InChI=1S/C13H15F3O6S/c1-9(17)21-7-3-4-10-8-11(20-2)5-6-12(10)22-23(18,19)13(14,15)16/h5-6,8H,3-4,7H2,1-2H3. The number of aryl methyl sites for hydroxylation is 1. The van der Waals surface area contributed by atoms with Gasteiger partial charge in [0.15, 0.2) is 0 Å². The van der Waals surface area contributed by atoms with Crippen LogP contribution in [0, 0.1) is 0 Å². The minimum Gasteiger partial charge on any atom is -0.497 e. The molecule has 0 aliphatic carbocycles. The number of hydrogen-bond acceptors (Lipinski definition) is 6. The lowest BCUT2D eigenvalue weighted by atomic mass is 10.1. The molecule has 0 saturated heterocycles. The Morgan fingerprint density at radius 1 is 1.26 bits per heavy atom. The highest BCUT2D eigenvalue weighted by Gasteiger charge is 2.48. The molecule has 0 amide bonds. The molecule has 0 saturated carbocycles. The van der Waals surface area contributed by atoms with E-state index in [2.05, 4.69) is 4.18 Å². The third-order valence-corrected chi connectivity index (χ3v) is 3.61. The number of benzene rings is 1. The molecule has 6 nitrogen and oxygen atoms in total. The largest absolute Gasteiger partial charge is 0.534 e. The van der Waals surface area contributed by atoms with Crippen LogP contribution in [-0.4, -0.2) is 33.6 Å². The molecule has 0 aliphatic rings. The van der Waals surface area contributed by atoms with Crippen molar-refractivity contribution >= 4 is 16.1 Å². The second-order valence-corrected chi connectivity index (χ2v) is 5.94. The number of halogens is 3. The number of carbonyl (C=O) groups excluding carboxylic acids is 1. The number of ether oxygens (including phenoxy) is 2. The Morgan fingerprint density at radius 2 is 1.91 bits per heavy atom. The molecule has 130 valence electrons. The molecule has 1 rings (SSSR count). The van der Waals surface area contributed by atoms with Crippen LogP contribution in [0.4, 0.5) is 13.2 Å². The van der Waals surface area contributed by atoms with Crippen molar-refractivity contribution in [1.82, 2.24) is 0 Å². The maximum atomic E-state index is 12.4. The zero-order valence-corrected chi connectivity index (χ0v) is 13.2. The zero-order valence-electron chi connectivity index (χ0n) is 12.3. The van der Waals surface area contributed by atoms with E-state index in [1.165, 1.54) is 26.2 Å². The van der Waals surface area contributed by atoms with Gasteiger partial charge >= 0.3 is 21.6 Å². The molecule has 10 heteroatoms. The van der Waals surface area contributed by atoms with E-state index >= 15 is 0 Å². The van der Waals surface area contributed by atoms with E-state index in [9.17, 15) is 26.4 Å². The molecule has 0 N–H and O–H groups in total. The summed E-state index contributed by atoms with van der Waals surface area (Å²) in [5, 5.41) is 0. The van der Waals surface area contributed by atoms with Crippen LogP contribution in [0.5, 0.6) is 11.5 Å². The van der Waals surface area contributed by atoms with Gasteiger partial charge in [0.25, 0.3) is 0 Å². The average molecular weight is 356 g/mol. The maximum absolute atomic E-state index is 12.4. The minimum absolute atomic E-state index is 0.0397. The Hall–Kier alpha value is -1.97. The molecular weight excluding hydrogens is 341 g/mol. The molecule has 0 aliphatic heterocycles. The average Bonchev–Trinajstić information content (AvgIpc) is 2.43. The summed E-state index contributed by atoms with van der Waals surface area (Å²) < 4.78 is 73.2. The van der Waals surface area contributed by atoms with Gasteiger partial charge in [-0.05, 0) is 36.6 Å². The van der Waals surface area contributed by atoms with Crippen molar-refractivity contribution in [2.75, 3.05) is 13.7 Å². The topological polar surface area (TPSA) is 78.9 Å². The van der Waals surface area contributed by atoms with Crippen LogP contribution in [0.3, 0.4) is 0 Å². The monoisotopic (exact) mass is 356 g/mol. The summed E-state index contributed by atoms with van der Waals surface area (Å²) in [6.45, 7) is 1.26. The molecule has 1 aromatic rings. The Labute approximate surface area is 131 Å². The van der Waals surface area contributed by atoms with Crippen LogP contribution in [0.2, 0.25) is 0 Å². The zero-order chi connectivity index (χ0) is 17.7. The first-order chi connectivity index (χ1) is 10.6. The van der Waals surface area contributed by atoms with E-state index in [-0.39, 0.29) is 25.0 Å². The van der Waals surface area contributed by atoms with Gasteiger partial charge in [-0.2, -0.15) is 21.6 Å². The quantitative estimate of drug-likeness (QED) is 0.323. The molecule has 0 unspecified atom stereocenters. The Morgan fingerprint density at radius 3 is 2.43 bits per heavy atom. The summed E-state index contributed by atoms with van der Waals surface area (Å²) in [6, 6.07) is 3.70. The molecule has 0 radical (unpaired) electrons. The summed E-state index contributed by atoms with van der Waals surface area (Å²) in [7, 11) is -4.41. The van der Waals surface area contributed by atoms with Gasteiger partial charge in [0.2, 0.25) is 0 Å². The first-order valence-electron chi connectivity index (χ1n) is 6.38. The number of hydrogen-bond donors (Lipinski definition) is 0. The highest BCUT2D eigenvalue weighted by Crippen LogP contribution is 2.31. The van der Waals surface area contributed by atoms with Gasteiger partial charge in [0.1, 0.15) is 11.5 Å². The van der Waals surface area contributed by atoms with E-state index < -0.39 is 27.3 Å². The minimum atomic E-state index is -5.76. The number of carbonyl (C=O) groups is 1. The predicted molar refractivity (Wildman–Crippen MR) is 73.6 cm³/mol. The van der Waals surface area contributed by atoms with Crippen molar-refractivity contribution in [2.24, 2.45) is 0 Å². The lowest BCUT2D eigenvalue weighted by molar-refractivity contribution is -0.141. The Kier molecular flexibility index (Phi) is 6.25. The van der Waals surface area contributed by atoms with Gasteiger partial charge in [-0.25, -0.2) is 0 Å². The molecule has 0 heterocycles. The summed E-state index contributed by atoms with van der Waals surface area (Å²) >= 11 is 0. The van der Waals surface area contributed by atoms with Gasteiger partial charge in [0.05, 0.1) is 13.7 Å². The van der Waals surface area contributed by atoms with Crippen molar-refractivity contribution in [3.63, 3.8) is 0 Å². The number of rotatable bonds is 7. The fraction of sp³-hybridized carbons (Fsp3) is 0.462. The van der Waals surface area contributed by atoms with Gasteiger partial charge in [0, 0.05) is 6.92 Å². The molecular formula is C13H15F3O6S. The SMILES string of the molecule is COc1ccc(OS(=O)(=O)C(F)(F)F)c(CCCOC(C)=O)c1. The van der Waals surface area contributed by atoms with E-state index in [1.807, 2.05) is 0 Å². The van der Waals surface area contributed by atoms with Crippen molar-refractivity contribution in [1.29, 1.82) is 0 Å². The third kappa shape index (κ3) is 5.62. The second kappa shape index (κ2) is 7.53. The van der Waals surface area contributed by atoms with Crippen LogP contribution < -0.4 is 8.92 Å². The molecule has 1 aromatic carbocycles. The van der Waals surface area contributed by atoms with Crippen LogP contribution in [0.25, 0.3) is 0 Å². The van der Waals surface area contributed by atoms with Crippen LogP contribution >= 0.6 is 0 Å². The molecule has 0 bridgehead atoms. The normalized spacial score (nSPS) is 11.9. The Balaban J connectivity index is 2.96. The van der Waals surface area contributed by atoms with E-state index in [0.29, 0.717) is 5.75 Å². The Bertz CT molecular complexity index is 654. The third-order valence-electron chi connectivity index (χ3n) is 2.65. The summed E-state index contributed by atoms with van der Waals surface area (Å²) in [4.78, 5) is 10.6. The van der Waals surface area contributed by atoms with Gasteiger partial charge in [-0.15, -0.1) is 0 Å². The van der Waals surface area contributed by atoms with Crippen molar-refractivity contribution in [3.05, 3.63) is 23.8 Å². The van der Waals surface area contributed by atoms with E-state index in [1.54, 1.807) is 0 Å². The molecule has 0 fully saturated rings. The smallest absolute Gasteiger partial charge is 0.497 e. The molecule has 0 spiro atoms. The number of esters is 1. The van der Waals surface area contributed by atoms with Crippen LogP contribution in [-0.2, 0) is 26.1 Å². The van der Waals surface area contributed by atoms with Crippen molar-refractivity contribution in [2.45, 2.75) is 25.3 Å². The number of methoxy groups -OCH3 is 1. The fourth-order valence-corrected chi connectivity index (χ4v) is 2.10. The highest BCUT2D eigenvalue weighted by molar-refractivity contribution is 7.88. The lowest BCUT2D eigenvalue weighted by Gasteiger charge is -2.14. The summed E-state index contributed by atoms with van der Waals surface area (Å²) in [6.07, 6.45) is 0.405. The van der Waals surface area contributed by atoms with Crippen LogP contribution in [0.1, 0.15) is 18.9 Å². The van der Waals surface area contributed by atoms with Gasteiger partial charge in [-0.3, -0.25) is 4.79 Å². The lowest BCUT2D eigenvalue weighted by Crippen LogP contribution is -2.28. The summed E-state index contributed by atoms with van der Waals surface area (Å²) in [5.74, 6) is -0.623.